The minimum Gasteiger partial charge on any atom is -0.377 e. The van der Waals surface area contributed by atoms with E-state index in [1.165, 1.54) is 54.6 Å². The van der Waals surface area contributed by atoms with Gasteiger partial charge in [-0.15, -0.1) is 0 Å². The number of nitrogens with zero attached hydrogens (tertiary/aromatic N) is 2. The Morgan fingerprint density at radius 2 is 1.74 bits per heavy atom. The molecule has 178 valence electrons. The number of nitrogens with one attached hydrogen (secondary N) is 1. The molecule has 3 aromatic carbocycles. The van der Waals surface area contributed by atoms with Crippen molar-refractivity contribution in [2.75, 3.05) is 5.32 Å². The molecule has 3 rings (SSSR count). The summed E-state index contributed by atoms with van der Waals surface area (Å²) in [6, 6.07) is 16.2. The molecule has 3 aromatic rings. The standard InChI is InChI=1S/C23H15Br2N3O6S/c1-14-5-7-19(8-6-14)35(32,33)34-22-20(24)10-15(11-21(22)25)9-16(13-26)23(29)27-17-3-2-4-18(12-17)28(30)31/h2-12H,1H3,(H,27,29)/b16-9+. The Hall–Kier alpha value is -3.53. The van der Waals surface area contributed by atoms with Gasteiger partial charge in [0.1, 0.15) is 16.5 Å². The van der Waals surface area contributed by atoms with Crippen LogP contribution in [0.4, 0.5) is 11.4 Å². The van der Waals surface area contributed by atoms with Crippen LogP contribution in [0.5, 0.6) is 5.75 Å². The highest BCUT2D eigenvalue weighted by Crippen LogP contribution is 2.37. The summed E-state index contributed by atoms with van der Waals surface area (Å²) in [5, 5.41) is 22.8. The first-order valence-corrected chi connectivity index (χ1v) is 12.7. The molecule has 0 aliphatic carbocycles. The van der Waals surface area contributed by atoms with Crippen LogP contribution >= 0.6 is 31.9 Å². The summed E-state index contributed by atoms with van der Waals surface area (Å²) in [6.45, 7) is 1.83. The van der Waals surface area contributed by atoms with Gasteiger partial charge in [-0.2, -0.15) is 13.7 Å². The Balaban J connectivity index is 1.86. The molecule has 0 atom stereocenters. The lowest BCUT2D eigenvalue weighted by atomic mass is 10.1. The van der Waals surface area contributed by atoms with Crippen LogP contribution in [0.2, 0.25) is 0 Å². The molecule has 9 nitrogen and oxygen atoms in total. The van der Waals surface area contributed by atoms with Gasteiger partial charge in [0, 0.05) is 17.8 Å². The maximum absolute atomic E-state index is 12.6. The highest BCUT2D eigenvalue weighted by molar-refractivity contribution is 9.11. The van der Waals surface area contributed by atoms with E-state index in [4.69, 9.17) is 4.18 Å². The van der Waals surface area contributed by atoms with Gasteiger partial charge >= 0.3 is 10.1 Å². The number of carbonyl (C=O) groups excluding carboxylic acids is 1. The third-order valence-electron chi connectivity index (χ3n) is 4.51. The topological polar surface area (TPSA) is 139 Å². The Bertz CT molecular complexity index is 1470. The van der Waals surface area contributed by atoms with Crippen molar-refractivity contribution in [1.82, 2.24) is 0 Å². The second-order valence-electron chi connectivity index (χ2n) is 7.10. The van der Waals surface area contributed by atoms with Gasteiger partial charge in [0.05, 0.1) is 13.9 Å². The van der Waals surface area contributed by atoms with Crippen molar-refractivity contribution in [3.8, 4) is 11.8 Å². The van der Waals surface area contributed by atoms with Crippen molar-refractivity contribution in [2.24, 2.45) is 0 Å². The van der Waals surface area contributed by atoms with Crippen LogP contribution in [0, 0.1) is 28.4 Å². The van der Waals surface area contributed by atoms with Crippen LogP contribution in [0.3, 0.4) is 0 Å². The van der Waals surface area contributed by atoms with E-state index >= 15 is 0 Å². The lowest BCUT2D eigenvalue weighted by Crippen LogP contribution is -2.13. The minimum atomic E-state index is -4.11. The summed E-state index contributed by atoms with van der Waals surface area (Å²) in [7, 11) is -4.11. The third-order valence-corrected chi connectivity index (χ3v) is 6.93. The quantitative estimate of drug-likeness (QED) is 0.117. The molecular formula is C23H15Br2N3O6S. The summed E-state index contributed by atoms with van der Waals surface area (Å²) in [5.74, 6) is -0.787. The molecule has 0 radical (unpaired) electrons. The maximum Gasteiger partial charge on any atom is 0.339 e. The molecule has 0 aliphatic heterocycles. The zero-order valence-electron chi connectivity index (χ0n) is 17.9. The van der Waals surface area contributed by atoms with Crippen LogP contribution in [-0.2, 0) is 14.9 Å². The van der Waals surface area contributed by atoms with E-state index in [1.807, 2.05) is 6.92 Å². The number of anilines is 1. The van der Waals surface area contributed by atoms with Crippen molar-refractivity contribution in [3.05, 3.63) is 96.4 Å². The number of nitro groups is 1. The van der Waals surface area contributed by atoms with Crippen molar-refractivity contribution >= 4 is 65.3 Å². The normalized spacial score (nSPS) is 11.4. The van der Waals surface area contributed by atoms with Gasteiger partial charge < -0.3 is 9.50 Å². The van der Waals surface area contributed by atoms with E-state index in [0.29, 0.717) is 5.56 Å². The minimum absolute atomic E-state index is 0.0118. The number of aryl methyl sites for hydroxylation is 1. The highest BCUT2D eigenvalue weighted by Gasteiger charge is 2.21. The number of amides is 1. The number of hydrogen-bond donors (Lipinski definition) is 1. The molecule has 0 aromatic heterocycles. The number of non-ortho nitro benzene ring substituents is 1. The van der Waals surface area contributed by atoms with E-state index in [0.717, 1.165) is 5.56 Å². The Morgan fingerprint density at radius 3 is 2.31 bits per heavy atom. The van der Waals surface area contributed by atoms with Gasteiger partial charge in [0.15, 0.2) is 5.75 Å². The van der Waals surface area contributed by atoms with Gasteiger partial charge in [-0.3, -0.25) is 14.9 Å². The molecule has 0 spiro atoms. The van der Waals surface area contributed by atoms with E-state index in [1.54, 1.807) is 18.2 Å². The molecule has 0 fully saturated rings. The van der Waals surface area contributed by atoms with Gasteiger partial charge in [0.2, 0.25) is 0 Å². The molecule has 1 N–H and O–H groups in total. The van der Waals surface area contributed by atoms with Crippen LogP contribution in [0.15, 0.2) is 80.1 Å². The predicted molar refractivity (Wildman–Crippen MR) is 136 cm³/mol. The average Bonchev–Trinajstić information content (AvgIpc) is 2.80. The molecular weight excluding hydrogens is 606 g/mol. The van der Waals surface area contributed by atoms with Crippen molar-refractivity contribution in [2.45, 2.75) is 11.8 Å². The van der Waals surface area contributed by atoms with Crippen molar-refractivity contribution in [1.29, 1.82) is 5.26 Å². The summed E-state index contributed by atoms with van der Waals surface area (Å²) in [5.41, 5.74) is 0.934. The summed E-state index contributed by atoms with van der Waals surface area (Å²) >= 11 is 6.53. The molecule has 0 unspecified atom stereocenters. The Labute approximate surface area is 217 Å². The van der Waals surface area contributed by atoms with Crippen molar-refractivity contribution < 1.29 is 22.3 Å². The van der Waals surface area contributed by atoms with Gasteiger partial charge in [0.25, 0.3) is 11.6 Å². The van der Waals surface area contributed by atoms with Gasteiger partial charge in [-0.05, 0) is 80.8 Å². The fourth-order valence-corrected chi connectivity index (χ4v) is 5.38. The lowest BCUT2D eigenvalue weighted by molar-refractivity contribution is -0.384. The molecule has 0 aliphatic rings. The van der Waals surface area contributed by atoms with Crippen LogP contribution in [0.25, 0.3) is 6.08 Å². The molecule has 0 heterocycles. The van der Waals surface area contributed by atoms with Crippen molar-refractivity contribution in [3.63, 3.8) is 0 Å². The first kappa shape index (κ1) is 26.1. The molecule has 0 saturated carbocycles. The van der Waals surface area contributed by atoms with E-state index < -0.39 is 20.9 Å². The molecule has 0 bridgehead atoms. The molecule has 35 heavy (non-hydrogen) atoms. The maximum atomic E-state index is 12.6. The summed E-state index contributed by atoms with van der Waals surface area (Å²) in [6.07, 6.45) is 1.28. The first-order chi connectivity index (χ1) is 16.5. The Kier molecular flexibility index (Phi) is 8.06. The molecule has 0 saturated heterocycles. The Morgan fingerprint density at radius 1 is 1.11 bits per heavy atom. The largest absolute Gasteiger partial charge is 0.377 e. The predicted octanol–water partition coefficient (Wildman–Crippen LogP) is 5.74. The van der Waals surface area contributed by atoms with Crippen LogP contribution in [0.1, 0.15) is 11.1 Å². The molecule has 1 amide bonds. The second-order valence-corrected chi connectivity index (χ2v) is 10.4. The monoisotopic (exact) mass is 619 g/mol. The smallest absolute Gasteiger partial charge is 0.339 e. The third kappa shape index (κ3) is 6.54. The van der Waals surface area contributed by atoms with Gasteiger partial charge in [-0.1, -0.05) is 23.8 Å². The number of rotatable bonds is 7. The fraction of sp³-hybridized carbons (Fsp3) is 0.0435. The number of benzene rings is 3. The number of nitro benzene ring substituents is 1. The summed E-state index contributed by atoms with van der Waals surface area (Å²) < 4.78 is 31.1. The second kappa shape index (κ2) is 10.8. The highest BCUT2D eigenvalue weighted by atomic mass is 79.9. The lowest BCUT2D eigenvalue weighted by Gasteiger charge is -2.12. The number of nitriles is 1. The van der Waals surface area contributed by atoms with Crippen LogP contribution in [-0.4, -0.2) is 19.2 Å². The fourth-order valence-electron chi connectivity index (χ4n) is 2.82. The molecule has 12 heteroatoms. The van der Waals surface area contributed by atoms with E-state index in [9.17, 15) is 28.6 Å². The number of halogens is 2. The van der Waals surface area contributed by atoms with E-state index in [-0.39, 0.29) is 36.5 Å². The number of carbonyl (C=O) groups is 1. The first-order valence-electron chi connectivity index (χ1n) is 9.68. The van der Waals surface area contributed by atoms with Crippen LogP contribution < -0.4 is 9.50 Å². The zero-order valence-corrected chi connectivity index (χ0v) is 21.8. The average molecular weight is 621 g/mol. The van der Waals surface area contributed by atoms with E-state index in [2.05, 4.69) is 37.2 Å². The summed E-state index contributed by atoms with van der Waals surface area (Å²) in [4.78, 5) is 22.8. The SMILES string of the molecule is Cc1ccc(S(=O)(=O)Oc2c(Br)cc(/C=C(\C#N)C(=O)Nc3cccc([N+](=O)[O-])c3)cc2Br)cc1. The zero-order chi connectivity index (χ0) is 25.8. The van der Waals surface area contributed by atoms with Gasteiger partial charge in [-0.25, -0.2) is 0 Å². The number of hydrogen-bond acceptors (Lipinski definition) is 7.